The molecule has 0 saturated carbocycles. The Morgan fingerprint density at radius 3 is 2.42 bits per heavy atom. The number of para-hydroxylation sites is 1. The van der Waals surface area contributed by atoms with Crippen LogP contribution in [0, 0.1) is 0 Å². The molecule has 0 spiro atoms. The monoisotopic (exact) mass is 430 g/mol. The minimum Gasteiger partial charge on any atom is -0.494 e. The van der Waals surface area contributed by atoms with Crippen molar-refractivity contribution in [3.63, 3.8) is 0 Å². The summed E-state index contributed by atoms with van der Waals surface area (Å²) in [6.07, 6.45) is 0.487. The predicted molar refractivity (Wildman–Crippen MR) is 116 cm³/mol. The van der Waals surface area contributed by atoms with Crippen molar-refractivity contribution in [2.24, 2.45) is 0 Å². The molecule has 0 saturated heterocycles. The van der Waals surface area contributed by atoms with Crippen LogP contribution in [0.4, 0.5) is 36.3 Å². The third kappa shape index (κ3) is 6.87. The summed E-state index contributed by atoms with van der Waals surface area (Å²) in [7, 11) is 0. The molecule has 2 N–H and O–H groups in total. The predicted octanol–water partition coefficient (Wildman–Crippen LogP) is 6.94. The van der Waals surface area contributed by atoms with Crippen LogP contribution in [0.2, 0.25) is 0 Å². The second kappa shape index (κ2) is 10.7. The maximum atomic E-state index is 13.5. The number of ether oxygens (including phenoxy) is 1. The molecule has 0 aliphatic heterocycles. The van der Waals surface area contributed by atoms with Crippen LogP contribution in [0.15, 0.2) is 60.8 Å². The van der Waals surface area contributed by atoms with E-state index in [-0.39, 0.29) is 11.8 Å². The summed E-state index contributed by atoms with van der Waals surface area (Å²) >= 11 is 0. The Balaban J connectivity index is 1.77. The van der Waals surface area contributed by atoms with Crippen LogP contribution < -0.4 is 15.4 Å². The van der Waals surface area contributed by atoms with Gasteiger partial charge in [0.05, 0.1) is 6.61 Å². The number of alkyl halides is 3. The van der Waals surface area contributed by atoms with Crippen LogP contribution in [0.1, 0.15) is 38.2 Å². The molecule has 3 aromatic rings. The minimum absolute atomic E-state index is 0.0602. The molecule has 0 aliphatic carbocycles. The molecule has 8 heteroatoms. The number of aromatic nitrogens is 2. The van der Waals surface area contributed by atoms with E-state index in [9.17, 15) is 13.2 Å². The van der Waals surface area contributed by atoms with Crippen LogP contribution in [-0.4, -0.2) is 16.6 Å². The lowest BCUT2D eigenvalue weighted by atomic mass is 10.2. The lowest BCUT2D eigenvalue weighted by Crippen LogP contribution is -2.12. The Morgan fingerprint density at radius 2 is 1.68 bits per heavy atom. The van der Waals surface area contributed by atoms with Gasteiger partial charge >= 0.3 is 6.18 Å². The quantitative estimate of drug-likeness (QED) is 0.341. The van der Waals surface area contributed by atoms with Gasteiger partial charge in [-0.1, -0.05) is 50.5 Å². The highest BCUT2D eigenvalue weighted by Crippen LogP contribution is 2.35. The third-order valence-electron chi connectivity index (χ3n) is 4.49. The molecule has 3 rings (SSSR count). The van der Waals surface area contributed by atoms with Crippen molar-refractivity contribution in [2.45, 2.75) is 38.8 Å². The SMILES string of the molecule is CCCCCCOc1cccc(Nc2nc(Nc3ccccc3)ncc2C(F)(F)F)c1. The van der Waals surface area contributed by atoms with Crippen LogP contribution in [0.25, 0.3) is 0 Å². The highest BCUT2D eigenvalue weighted by molar-refractivity contribution is 5.63. The van der Waals surface area contributed by atoms with E-state index < -0.39 is 11.7 Å². The van der Waals surface area contributed by atoms with Gasteiger partial charge in [-0.05, 0) is 30.7 Å². The number of nitrogens with zero attached hydrogens (tertiary/aromatic N) is 2. The number of benzene rings is 2. The van der Waals surface area contributed by atoms with E-state index in [0.29, 0.717) is 23.7 Å². The van der Waals surface area contributed by atoms with Gasteiger partial charge in [0.15, 0.2) is 0 Å². The first-order valence-corrected chi connectivity index (χ1v) is 10.2. The van der Waals surface area contributed by atoms with Crippen LogP contribution in [-0.2, 0) is 6.18 Å². The molecule has 2 aromatic carbocycles. The van der Waals surface area contributed by atoms with Crippen molar-refractivity contribution in [1.82, 2.24) is 9.97 Å². The van der Waals surface area contributed by atoms with Gasteiger partial charge in [-0.15, -0.1) is 0 Å². The smallest absolute Gasteiger partial charge is 0.421 e. The van der Waals surface area contributed by atoms with Gasteiger partial charge in [0.1, 0.15) is 17.1 Å². The first-order valence-electron chi connectivity index (χ1n) is 10.2. The van der Waals surface area contributed by atoms with Gasteiger partial charge in [-0.2, -0.15) is 18.2 Å². The van der Waals surface area contributed by atoms with E-state index >= 15 is 0 Å². The van der Waals surface area contributed by atoms with Gasteiger partial charge in [0, 0.05) is 23.6 Å². The molecular weight excluding hydrogens is 405 g/mol. The Labute approximate surface area is 179 Å². The standard InChI is InChI=1S/C23H25F3N4O/c1-2-3-4-8-14-31-19-13-9-12-18(15-19)28-21-20(23(24,25)26)16-27-22(30-21)29-17-10-6-5-7-11-17/h5-7,9-13,15-16H,2-4,8,14H2,1H3,(H2,27,28,29,30). The van der Waals surface area contributed by atoms with E-state index in [0.717, 1.165) is 31.9 Å². The fourth-order valence-electron chi connectivity index (χ4n) is 2.91. The van der Waals surface area contributed by atoms with E-state index in [1.807, 2.05) is 6.07 Å². The van der Waals surface area contributed by atoms with Crippen LogP contribution in [0.3, 0.4) is 0 Å². The number of unbranched alkanes of at least 4 members (excludes halogenated alkanes) is 3. The zero-order chi connectivity index (χ0) is 22.1. The zero-order valence-electron chi connectivity index (χ0n) is 17.2. The van der Waals surface area contributed by atoms with E-state index in [1.165, 1.54) is 0 Å². The molecule has 0 bridgehead atoms. The lowest BCUT2D eigenvalue weighted by Gasteiger charge is -2.15. The number of halogens is 3. The van der Waals surface area contributed by atoms with Gasteiger partial charge in [-0.25, -0.2) is 4.98 Å². The van der Waals surface area contributed by atoms with E-state index in [4.69, 9.17) is 4.74 Å². The maximum absolute atomic E-state index is 13.5. The largest absolute Gasteiger partial charge is 0.494 e. The summed E-state index contributed by atoms with van der Waals surface area (Å²) in [5, 5.41) is 5.68. The van der Waals surface area contributed by atoms with Crippen molar-refractivity contribution >= 4 is 23.1 Å². The van der Waals surface area contributed by atoms with Gasteiger partial charge in [-0.3, -0.25) is 0 Å². The molecule has 0 aliphatic rings. The van der Waals surface area contributed by atoms with Gasteiger partial charge in [0.2, 0.25) is 5.95 Å². The van der Waals surface area contributed by atoms with Crippen LogP contribution >= 0.6 is 0 Å². The summed E-state index contributed by atoms with van der Waals surface area (Å²) in [4.78, 5) is 7.88. The topological polar surface area (TPSA) is 59.1 Å². The summed E-state index contributed by atoms with van der Waals surface area (Å²) in [6, 6.07) is 15.8. The highest BCUT2D eigenvalue weighted by atomic mass is 19.4. The van der Waals surface area contributed by atoms with E-state index in [2.05, 4.69) is 27.5 Å². The zero-order valence-corrected chi connectivity index (χ0v) is 17.2. The van der Waals surface area contributed by atoms with Crippen molar-refractivity contribution in [1.29, 1.82) is 0 Å². The average Bonchev–Trinajstić information content (AvgIpc) is 2.74. The van der Waals surface area contributed by atoms with Crippen molar-refractivity contribution < 1.29 is 17.9 Å². The molecule has 0 atom stereocenters. The molecule has 0 unspecified atom stereocenters. The average molecular weight is 430 g/mol. The second-order valence-corrected chi connectivity index (χ2v) is 7.01. The third-order valence-corrected chi connectivity index (χ3v) is 4.49. The molecule has 1 heterocycles. The summed E-state index contributed by atoms with van der Waals surface area (Å²) < 4.78 is 46.2. The number of hydrogen-bond acceptors (Lipinski definition) is 5. The Hall–Kier alpha value is -3.29. The minimum atomic E-state index is -4.60. The Morgan fingerprint density at radius 1 is 0.903 bits per heavy atom. The maximum Gasteiger partial charge on any atom is 0.421 e. The first-order chi connectivity index (χ1) is 15.0. The number of anilines is 4. The summed E-state index contributed by atoms with van der Waals surface area (Å²) in [5.74, 6) is 0.317. The molecule has 0 radical (unpaired) electrons. The van der Waals surface area contributed by atoms with Crippen molar-refractivity contribution in [3.8, 4) is 5.75 Å². The fraction of sp³-hybridized carbons (Fsp3) is 0.304. The van der Waals surface area contributed by atoms with Crippen LogP contribution in [0.5, 0.6) is 5.75 Å². The van der Waals surface area contributed by atoms with Gasteiger partial charge < -0.3 is 15.4 Å². The van der Waals surface area contributed by atoms with E-state index in [1.54, 1.807) is 48.5 Å². The molecule has 31 heavy (non-hydrogen) atoms. The summed E-state index contributed by atoms with van der Waals surface area (Å²) in [5.41, 5.74) is 0.171. The Bertz CT molecular complexity index is 965. The number of hydrogen-bond donors (Lipinski definition) is 2. The lowest BCUT2D eigenvalue weighted by molar-refractivity contribution is -0.137. The second-order valence-electron chi connectivity index (χ2n) is 7.01. The molecule has 0 amide bonds. The van der Waals surface area contributed by atoms with Gasteiger partial charge in [0.25, 0.3) is 0 Å². The molecular formula is C23H25F3N4O. The highest BCUT2D eigenvalue weighted by Gasteiger charge is 2.35. The molecule has 1 aromatic heterocycles. The summed E-state index contributed by atoms with van der Waals surface area (Å²) in [6.45, 7) is 2.70. The van der Waals surface area contributed by atoms with Crippen molar-refractivity contribution in [3.05, 3.63) is 66.4 Å². The fourth-order valence-corrected chi connectivity index (χ4v) is 2.91. The number of rotatable bonds is 10. The van der Waals surface area contributed by atoms with Crippen molar-refractivity contribution in [2.75, 3.05) is 17.2 Å². The molecule has 0 fully saturated rings. The Kier molecular flexibility index (Phi) is 7.70. The molecule has 164 valence electrons. The normalized spacial score (nSPS) is 11.2. The first kappa shape index (κ1) is 22.4. The molecule has 5 nitrogen and oxygen atoms in total. The number of nitrogens with one attached hydrogen (secondary N) is 2.